The Morgan fingerprint density at radius 3 is 1.75 bits per heavy atom. The van der Waals surface area contributed by atoms with Crippen LogP contribution in [0.3, 0.4) is 0 Å². The van der Waals surface area contributed by atoms with Crippen LogP contribution in [0.25, 0.3) is 50.4 Å². The van der Waals surface area contributed by atoms with E-state index in [9.17, 15) is 29.4 Å². The number of nitrogens with zero attached hydrogens (tertiary/aromatic N) is 2. The molecule has 4 N–H and O–H groups in total. The summed E-state index contributed by atoms with van der Waals surface area (Å²) in [6.45, 7) is 18.6. The topological polar surface area (TPSA) is 166 Å². The van der Waals surface area contributed by atoms with E-state index >= 15 is 0 Å². The summed E-state index contributed by atoms with van der Waals surface area (Å²) in [7, 11) is 0. The fraction of sp³-hybridized carbons (Fsp3) is 0.263. The minimum atomic E-state index is -0.883. The highest BCUT2D eigenvalue weighted by Gasteiger charge is 2.21. The molecule has 5 rings (SSSR count). The van der Waals surface area contributed by atoms with E-state index in [4.69, 9.17) is 9.97 Å². The molecule has 0 radical (unpaired) electrons. The zero-order chi connectivity index (χ0) is 35.4. The molecule has 3 aromatic rings. The molecular weight excluding hydrogens is 608 g/mol. The molecule has 2 aliphatic heterocycles. The fourth-order valence-corrected chi connectivity index (χ4v) is 5.77. The van der Waals surface area contributed by atoms with Crippen LogP contribution in [0, 0.1) is 13.8 Å². The third-order valence-corrected chi connectivity index (χ3v) is 8.72. The summed E-state index contributed by atoms with van der Waals surface area (Å²) in [5.41, 5.74) is 13.7. The molecule has 8 bridgehead atoms. The van der Waals surface area contributed by atoms with E-state index in [1.54, 1.807) is 6.08 Å². The van der Waals surface area contributed by atoms with Crippen molar-refractivity contribution in [3.63, 3.8) is 0 Å². The number of hydrogen-bond donors (Lipinski definition) is 4. The highest BCUT2D eigenvalue weighted by molar-refractivity contribution is 6.35. The third kappa shape index (κ3) is 7.33. The number of ketones is 2. The normalized spacial score (nSPS) is 12.4. The molecule has 0 unspecified atom stereocenters. The predicted molar refractivity (Wildman–Crippen MR) is 190 cm³/mol. The second-order valence-corrected chi connectivity index (χ2v) is 11.8. The highest BCUT2D eigenvalue weighted by Crippen LogP contribution is 2.36. The number of H-pyrrole nitrogens is 2. The number of Topliss-reactive ketones (excluding diaryl/α,β-unsaturated/α-hetero) is 2. The van der Waals surface area contributed by atoms with Crippen molar-refractivity contribution in [3.8, 4) is 0 Å². The summed E-state index contributed by atoms with van der Waals surface area (Å²) >= 11 is 0. The molecule has 10 heteroatoms. The molecule has 3 aromatic heterocycles. The Hall–Kier alpha value is -5.64. The van der Waals surface area contributed by atoms with E-state index in [-0.39, 0.29) is 24.4 Å². The van der Waals surface area contributed by atoms with Crippen LogP contribution >= 0.6 is 0 Å². The van der Waals surface area contributed by atoms with E-state index in [2.05, 4.69) is 23.1 Å². The summed E-state index contributed by atoms with van der Waals surface area (Å²) in [5.74, 6) is -2.52. The van der Waals surface area contributed by atoms with E-state index in [1.807, 2.05) is 58.0 Å². The Bertz CT molecular complexity index is 2110. The first-order valence-corrected chi connectivity index (χ1v) is 15.5. The van der Waals surface area contributed by atoms with E-state index in [0.717, 1.165) is 83.7 Å². The zero-order valence-electron chi connectivity index (χ0n) is 28.1. The van der Waals surface area contributed by atoms with Crippen molar-refractivity contribution in [2.75, 3.05) is 0 Å². The molecule has 248 valence electrons. The number of nitrogens with one attached hydrogen (secondary N) is 2. The number of aryl methyl sites for hydroxylation is 3. The lowest BCUT2D eigenvalue weighted by atomic mass is 10.0. The van der Waals surface area contributed by atoms with Gasteiger partial charge in [-0.05, 0) is 98.2 Å². The second-order valence-electron chi connectivity index (χ2n) is 11.8. The largest absolute Gasteiger partial charge is 0.481 e. The molecule has 5 heterocycles. The number of carbonyl (C=O) groups excluding carboxylic acids is 2. The van der Waals surface area contributed by atoms with Crippen molar-refractivity contribution < 1.29 is 29.4 Å². The van der Waals surface area contributed by atoms with Crippen LogP contribution in [0.15, 0.2) is 43.5 Å². The Morgan fingerprint density at radius 1 is 0.667 bits per heavy atom. The van der Waals surface area contributed by atoms with Gasteiger partial charge in [-0.3, -0.25) is 19.2 Å². The van der Waals surface area contributed by atoms with E-state index < -0.39 is 11.9 Å². The molecule has 10 nitrogen and oxygen atoms in total. The van der Waals surface area contributed by atoms with Gasteiger partial charge < -0.3 is 20.2 Å². The van der Waals surface area contributed by atoms with Crippen molar-refractivity contribution in [3.05, 3.63) is 88.5 Å². The van der Waals surface area contributed by atoms with Gasteiger partial charge >= 0.3 is 11.9 Å². The Balaban J connectivity index is 0.000000794. The van der Waals surface area contributed by atoms with Crippen molar-refractivity contribution in [2.24, 2.45) is 0 Å². The van der Waals surface area contributed by atoms with E-state index in [1.165, 1.54) is 13.8 Å². The summed E-state index contributed by atoms with van der Waals surface area (Å²) in [4.78, 5) is 59.6. The van der Waals surface area contributed by atoms with Crippen molar-refractivity contribution >= 4 is 73.9 Å². The number of carboxylic acid groups (broad SMARTS) is 2. The molecule has 0 saturated carbocycles. The van der Waals surface area contributed by atoms with Gasteiger partial charge in [-0.25, -0.2) is 9.97 Å². The average molecular weight is 649 g/mol. The minimum Gasteiger partial charge on any atom is -0.481 e. The van der Waals surface area contributed by atoms with Crippen LogP contribution in [0.1, 0.15) is 92.0 Å². The Kier molecular flexibility index (Phi) is 10.6. The first kappa shape index (κ1) is 35.2. The van der Waals surface area contributed by atoms with Gasteiger partial charge in [-0.15, -0.1) is 0 Å². The average Bonchev–Trinajstić information content (AvgIpc) is 3.68. The molecule has 0 spiro atoms. The lowest BCUT2D eigenvalue weighted by Crippen LogP contribution is -2.01. The van der Waals surface area contributed by atoms with Gasteiger partial charge in [-0.1, -0.05) is 25.3 Å². The zero-order valence-corrected chi connectivity index (χ0v) is 28.1. The molecule has 0 saturated heterocycles. The number of aromatic amines is 2. The smallest absolute Gasteiger partial charge is 0.303 e. The third-order valence-electron chi connectivity index (χ3n) is 8.72. The second kappa shape index (κ2) is 14.4. The number of carboxylic acids is 2. The van der Waals surface area contributed by atoms with Gasteiger partial charge in [0.15, 0.2) is 11.6 Å². The molecule has 0 atom stereocenters. The first-order chi connectivity index (χ1) is 22.7. The standard InChI is InChI=1S/C34H34N4O4.C4H6O2/c1-7-21-17(3)25-13-26-19(5)23(9-11-33(39)40)31(37-26)16-32-24(10-12-34(41)42)20(6)28(38-32)15-30-22(8-2)18(4)27(36-30)14-29(21)35-25;1-3(5)4(2)6/h7-8,13-16,35,38H,1-2,9-12H2,3-6H3,(H,39,40)(H,41,42);1-2H3. The SMILES string of the molecule is C=CC1=C(C)c2cc3[nH]c(cc4nc(cc5[nH]c(cc1n2)c(C)c5CCC(=O)O)C(CCC(=O)O)=C4C)c(C)c3C=C.CC(=O)C(C)=O. The monoisotopic (exact) mass is 648 g/mol. The first-order valence-electron chi connectivity index (χ1n) is 15.5. The van der Waals surface area contributed by atoms with Crippen LogP contribution in [0.4, 0.5) is 0 Å². The van der Waals surface area contributed by atoms with Crippen LogP contribution < -0.4 is 0 Å². The number of carbonyl (C=O) groups is 4. The van der Waals surface area contributed by atoms with Crippen LogP contribution in [-0.2, 0) is 25.6 Å². The Labute approximate surface area is 278 Å². The minimum absolute atomic E-state index is 0.0259. The maximum atomic E-state index is 11.5. The quantitative estimate of drug-likeness (QED) is 0.172. The van der Waals surface area contributed by atoms with Gasteiger partial charge in [0.05, 0.1) is 22.8 Å². The van der Waals surface area contributed by atoms with Gasteiger partial charge in [-0.2, -0.15) is 0 Å². The van der Waals surface area contributed by atoms with Crippen molar-refractivity contribution in [1.29, 1.82) is 0 Å². The van der Waals surface area contributed by atoms with Crippen LogP contribution in [0.2, 0.25) is 0 Å². The summed E-state index contributed by atoms with van der Waals surface area (Å²) in [6, 6.07) is 7.88. The van der Waals surface area contributed by atoms with Gasteiger partial charge in [0.2, 0.25) is 0 Å². The van der Waals surface area contributed by atoms with Gasteiger partial charge in [0.25, 0.3) is 0 Å². The van der Waals surface area contributed by atoms with Gasteiger partial charge in [0, 0.05) is 59.9 Å². The number of rotatable bonds is 9. The molecule has 0 aromatic carbocycles. The molecule has 0 aliphatic carbocycles. The summed E-state index contributed by atoms with van der Waals surface area (Å²) in [5, 5.41) is 18.9. The lowest BCUT2D eigenvalue weighted by Gasteiger charge is -2.03. The fourth-order valence-electron chi connectivity index (χ4n) is 5.77. The molecule has 0 fully saturated rings. The number of fused-ring (bicyclic) bond motifs is 8. The predicted octanol–water partition coefficient (Wildman–Crippen LogP) is 7.67. The maximum Gasteiger partial charge on any atom is 0.303 e. The van der Waals surface area contributed by atoms with Crippen LogP contribution in [0.5, 0.6) is 0 Å². The molecule has 0 amide bonds. The molecule has 48 heavy (non-hydrogen) atoms. The Morgan fingerprint density at radius 2 is 1.17 bits per heavy atom. The maximum absolute atomic E-state index is 11.5. The molecular formula is C38H40N4O6. The molecule has 2 aliphatic rings. The number of aliphatic carboxylic acids is 2. The number of aromatic nitrogens is 4. The number of hydrogen-bond acceptors (Lipinski definition) is 6. The van der Waals surface area contributed by atoms with Crippen molar-refractivity contribution in [2.45, 2.75) is 67.2 Å². The summed E-state index contributed by atoms with van der Waals surface area (Å²) < 4.78 is 0. The van der Waals surface area contributed by atoms with Gasteiger partial charge in [0.1, 0.15) is 0 Å². The van der Waals surface area contributed by atoms with E-state index in [0.29, 0.717) is 18.5 Å². The number of allylic oxidation sites excluding steroid dienone is 5. The summed E-state index contributed by atoms with van der Waals surface area (Å²) in [6.07, 6.45) is 4.22. The highest BCUT2D eigenvalue weighted by atomic mass is 16.4. The van der Waals surface area contributed by atoms with Crippen LogP contribution in [-0.4, -0.2) is 53.7 Å². The van der Waals surface area contributed by atoms with Crippen molar-refractivity contribution in [1.82, 2.24) is 19.9 Å². The lowest BCUT2D eigenvalue weighted by molar-refractivity contribution is -0.137.